The van der Waals surface area contributed by atoms with Gasteiger partial charge in [-0.2, -0.15) is 0 Å². The summed E-state index contributed by atoms with van der Waals surface area (Å²) < 4.78 is 42.2. The molecule has 1 heterocycles. The van der Waals surface area contributed by atoms with Crippen molar-refractivity contribution in [2.45, 2.75) is 38.6 Å². The van der Waals surface area contributed by atoms with E-state index in [2.05, 4.69) is 0 Å². The molecular formula is C9H14BF3KNO3. The van der Waals surface area contributed by atoms with Crippen molar-refractivity contribution in [2.75, 3.05) is 6.54 Å². The number of hydrogen-bond acceptors (Lipinski definition) is 3. The number of ether oxygens (including phenoxy) is 1. The van der Waals surface area contributed by atoms with Crippen LogP contribution in [0, 0.1) is 0 Å². The average molecular weight is 291 g/mol. The van der Waals surface area contributed by atoms with E-state index in [0.717, 1.165) is 0 Å². The molecule has 1 atom stereocenters. The van der Waals surface area contributed by atoms with E-state index in [4.69, 9.17) is 4.74 Å². The number of nitrogens with zero attached hydrogens (tertiary/aromatic N) is 1. The number of carbonyl (C=O) groups excluding carboxylic acids is 2. The number of amides is 2. The Hall–Kier alpha value is 0.431. The standard InChI is InChI=1S/C9H14BF3NO3.K/c1-9(2,3)17-8(16)14-5-6(4-7(14)15)10(11,12)13;/h6H,4-5H2,1-3H3;/q-1;+1. The first kappa shape index (κ1) is 18.4. The summed E-state index contributed by atoms with van der Waals surface area (Å²) in [5.74, 6) is -2.56. The van der Waals surface area contributed by atoms with Gasteiger partial charge >= 0.3 is 64.5 Å². The smallest absolute Gasteiger partial charge is 0.449 e. The van der Waals surface area contributed by atoms with E-state index in [-0.39, 0.29) is 51.4 Å². The SMILES string of the molecule is CC(C)(C)OC(=O)N1CC([B-](F)(F)F)CC1=O.[K+]. The van der Waals surface area contributed by atoms with Gasteiger partial charge < -0.3 is 17.7 Å². The monoisotopic (exact) mass is 291 g/mol. The molecule has 1 fully saturated rings. The van der Waals surface area contributed by atoms with Gasteiger partial charge in [0.1, 0.15) is 5.60 Å². The van der Waals surface area contributed by atoms with E-state index < -0.39 is 43.4 Å². The third-order valence-electron chi connectivity index (χ3n) is 2.30. The summed E-state index contributed by atoms with van der Waals surface area (Å²) in [5, 5.41) is 0. The largest absolute Gasteiger partial charge is 1.00 e. The minimum absolute atomic E-state index is 0. The summed E-state index contributed by atoms with van der Waals surface area (Å²) in [7, 11) is 0. The number of hydrogen-bond donors (Lipinski definition) is 0. The molecule has 0 N–H and O–H groups in total. The molecule has 1 aliphatic rings. The van der Waals surface area contributed by atoms with Crippen molar-refractivity contribution in [1.29, 1.82) is 0 Å². The van der Waals surface area contributed by atoms with Crippen LogP contribution in [0.2, 0.25) is 5.82 Å². The maximum atomic E-state index is 12.4. The Morgan fingerprint density at radius 2 is 1.89 bits per heavy atom. The first-order valence-electron chi connectivity index (χ1n) is 5.24. The van der Waals surface area contributed by atoms with Crippen molar-refractivity contribution in [1.82, 2.24) is 4.90 Å². The van der Waals surface area contributed by atoms with Crippen molar-refractivity contribution in [3.63, 3.8) is 0 Å². The number of imide groups is 1. The van der Waals surface area contributed by atoms with Crippen LogP contribution in [-0.2, 0) is 9.53 Å². The second-order valence-corrected chi connectivity index (χ2v) is 5.07. The number of carbonyl (C=O) groups is 2. The Morgan fingerprint density at radius 1 is 1.39 bits per heavy atom. The normalized spacial score (nSPS) is 20.7. The molecule has 0 saturated carbocycles. The molecule has 9 heteroatoms. The van der Waals surface area contributed by atoms with E-state index in [1.165, 1.54) is 0 Å². The van der Waals surface area contributed by atoms with Crippen molar-refractivity contribution in [3.8, 4) is 0 Å². The molecule has 0 aromatic rings. The van der Waals surface area contributed by atoms with Gasteiger partial charge in [-0.15, -0.1) is 0 Å². The minimum atomic E-state index is -5.10. The van der Waals surface area contributed by atoms with Crippen LogP contribution in [0.25, 0.3) is 0 Å². The summed E-state index contributed by atoms with van der Waals surface area (Å²) in [6, 6.07) is 0. The van der Waals surface area contributed by atoms with Gasteiger partial charge in [-0.25, -0.2) is 4.79 Å². The Labute approximate surface area is 146 Å². The minimum Gasteiger partial charge on any atom is -0.449 e. The zero-order valence-corrected chi connectivity index (χ0v) is 14.0. The third kappa shape index (κ3) is 5.20. The Kier molecular flexibility index (Phi) is 6.40. The molecule has 0 radical (unpaired) electrons. The van der Waals surface area contributed by atoms with Crippen molar-refractivity contribution in [2.24, 2.45) is 0 Å². The third-order valence-corrected chi connectivity index (χ3v) is 2.30. The summed E-state index contributed by atoms with van der Waals surface area (Å²) in [4.78, 5) is 23.3. The fourth-order valence-electron chi connectivity index (χ4n) is 1.48. The second kappa shape index (κ2) is 6.25. The first-order chi connectivity index (χ1) is 7.50. The van der Waals surface area contributed by atoms with Crippen molar-refractivity contribution >= 4 is 19.0 Å². The van der Waals surface area contributed by atoms with Crippen LogP contribution >= 0.6 is 0 Å². The fourth-order valence-corrected chi connectivity index (χ4v) is 1.48. The fraction of sp³-hybridized carbons (Fsp3) is 0.778. The number of halogens is 3. The summed E-state index contributed by atoms with van der Waals surface area (Å²) in [6.45, 7) is -0.991. The Bertz CT molecular complexity index is 343. The molecule has 18 heavy (non-hydrogen) atoms. The van der Waals surface area contributed by atoms with Crippen LogP contribution in [0.5, 0.6) is 0 Å². The van der Waals surface area contributed by atoms with Crippen molar-refractivity contribution in [3.05, 3.63) is 0 Å². The summed E-state index contributed by atoms with van der Waals surface area (Å²) in [5.41, 5.74) is -0.834. The van der Waals surface area contributed by atoms with Crippen LogP contribution in [0.4, 0.5) is 17.7 Å². The van der Waals surface area contributed by atoms with Crippen molar-refractivity contribution < 1.29 is 78.7 Å². The van der Waals surface area contributed by atoms with Crippen LogP contribution in [-0.4, -0.2) is 36.0 Å². The zero-order chi connectivity index (χ0) is 13.4. The maximum absolute atomic E-state index is 12.4. The average Bonchev–Trinajstić information content (AvgIpc) is 2.42. The quantitative estimate of drug-likeness (QED) is 0.605. The first-order valence-corrected chi connectivity index (χ1v) is 5.24. The molecule has 0 bridgehead atoms. The molecule has 0 aromatic heterocycles. The Morgan fingerprint density at radius 3 is 2.22 bits per heavy atom. The predicted molar refractivity (Wildman–Crippen MR) is 55.4 cm³/mol. The van der Waals surface area contributed by atoms with Gasteiger partial charge in [0.15, 0.2) is 0 Å². The molecule has 1 saturated heterocycles. The molecule has 0 aromatic carbocycles. The van der Waals surface area contributed by atoms with Crippen LogP contribution in [0.1, 0.15) is 27.2 Å². The van der Waals surface area contributed by atoms with E-state index in [1.807, 2.05) is 0 Å². The van der Waals surface area contributed by atoms with E-state index in [9.17, 15) is 22.5 Å². The molecule has 4 nitrogen and oxygen atoms in total. The van der Waals surface area contributed by atoms with Gasteiger partial charge in [0.05, 0.1) is 0 Å². The topological polar surface area (TPSA) is 46.6 Å². The van der Waals surface area contributed by atoms with Gasteiger partial charge in [-0.3, -0.25) is 9.69 Å². The van der Waals surface area contributed by atoms with Crippen LogP contribution < -0.4 is 51.4 Å². The van der Waals surface area contributed by atoms with E-state index in [0.29, 0.717) is 4.90 Å². The molecule has 98 valence electrons. The predicted octanol–water partition coefficient (Wildman–Crippen LogP) is -0.625. The van der Waals surface area contributed by atoms with Crippen LogP contribution in [0.3, 0.4) is 0 Å². The van der Waals surface area contributed by atoms with Crippen LogP contribution in [0.15, 0.2) is 0 Å². The van der Waals surface area contributed by atoms with E-state index in [1.54, 1.807) is 20.8 Å². The molecule has 1 unspecified atom stereocenters. The molecule has 0 aliphatic carbocycles. The second-order valence-electron chi connectivity index (χ2n) is 5.07. The molecular weight excluding hydrogens is 277 g/mol. The number of likely N-dealkylation sites (tertiary alicyclic amines) is 1. The van der Waals surface area contributed by atoms with Gasteiger partial charge in [-0.05, 0) is 26.6 Å². The van der Waals surface area contributed by atoms with Gasteiger partial charge in [-0.1, -0.05) is 0 Å². The maximum Gasteiger partial charge on any atom is 1.00 e. The summed E-state index contributed by atoms with van der Waals surface area (Å²) in [6.07, 6.45) is -1.67. The van der Waals surface area contributed by atoms with E-state index >= 15 is 0 Å². The van der Waals surface area contributed by atoms with Gasteiger partial charge in [0.2, 0.25) is 5.91 Å². The summed E-state index contributed by atoms with van der Waals surface area (Å²) >= 11 is 0. The zero-order valence-electron chi connectivity index (χ0n) is 10.9. The Balaban J connectivity index is 0.00000289. The number of rotatable bonds is 1. The molecule has 2 amide bonds. The van der Waals surface area contributed by atoms with Gasteiger partial charge in [0, 0.05) is 13.0 Å². The van der Waals surface area contributed by atoms with Gasteiger partial charge in [0.25, 0.3) is 0 Å². The molecule has 1 rings (SSSR count). The molecule has 1 aliphatic heterocycles. The molecule has 0 spiro atoms.